The van der Waals surface area contributed by atoms with E-state index in [2.05, 4.69) is 5.32 Å². The molecule has 1 saturated carbocycles. The zero-order valence-corrected chi connectivity index (χ0v) is 9.04. The molecular formula is C11H19FN2O. The molecule has 86 valence electrons. The highest BCUT2D eigenvalue weighted by molar-refractivity contribution is 5.74. The molecule has 1 N–H and O–H groups in total. The Morgan fingerprint density at radius 3 is 2.53 bits per heavy atom. The third-order valence-corrected chi connectivity index (χ3v) is 3.35. The number of hydrogen-bond acceptors (Lipinski definition) is 1. The van der Waals surface area contributed by atoms with E-state index in [1.54, 1.807) is 4.90 Å². The summed E-state index contributed by atoms with van der Waals surface area (Å²) in [5, 5.41) is 3.00. The molecule has 2 fully saturated rings. The number of urea groups is 1. The number of alkyl halides is 1. The smallest absolute Gasteiger partial charge is 0.317 e. The van der Waals surface area contributed by atoms with Gasteiger partial charge in [0.05, 0.1) is 6.54 Å². The van der Waals surface area contributed by atoms with E-state index in [1.165, 1.54) is 19.3 Å². The van der Waals surface area contributed by atoms with E-state index in [9.17, 15) is 9.18 Å². The Morgan fingerprint density at radius 2 is 1.93 bits per heavy atom. The maximum Gasteiger partial charge on any atom is 0.317 e. The first-order valence-electron chi connectivity index (χ1n) is 5.95. The van der Waals surface area contributed by atoms with Crippen molar-refractivity contribution in [3.8, 4) is 0 Å². The number of carbonyl (C=O) groups is 1. The molecular weight excluding hydrogens is 195 g/mol. The highest BCUT2D eigenvalue weighted by Gasteiger charge is 2.27. The topological polar surface area (TPSA) is 32.3 Å². The Labute approximate surface area is 90.0 Å². The normalized spacial score (nSPS) is 28.1. The van der Waals surface area contributed by atoms with Crippen molar-refractivity contribution in [3.63, 3.8) is 0 Å². The quantitative estimate of drug-likeness (QED) is 0.712. The molecule has 0 bridgehead atoms. The number of carbonyl (C=O) groups excluding carboxylic acids is 1. The van der Waals surface area contributed by atoms with Gasteiger partial charge in [-0.1, -0.05) is 19.3 Å². The van der Waals surface area contributed by atoms with Gasteiger partial charge in [0.25, 0.3) is 0 Å². The van der Waals surface area contributed by atoms with Crippen LogP contribution in [-0.2, 0) is 0 Å². The Morgan fingerprint density at radius 1 is 1.20 bits per heavy atom. The van der Waals surface area contributed by atoms with Crippen LogP contribution < -0.4 is 5.32 Å². The highest BCUT2D eigenvalue weighted by Crippen LogP contribution is 2.18. The number of amides is 2. The average Bonchev–Trinajstić information content (AvgIpc) is 2.66. The summed E-state index contributed by atoms with van der Waals surface area (Å²) >= 11 is 0. The molecule has 3 nitrogen and oxygen atoms in total. The SMILES string of the molecule is O=C(NC1CCCCC1)N1CCC(F)C1. The van der Waals surface area contributed by atoms with Crippen molar-refractivity contribution in [2.75, 3.05) is 13.1 Å². The fraction of sp³-hybridized carbons (Fsp3) is 0.909. The van der Waals surface area contributed by atoms with Crippen molar-refractivity contribution < 1.29 is 9.18 Å². The first kappa shape index (κ1) is 10.7. The lowest BCUT2D eigenvalue weighted by Crippen LogP contribution is -2.44. The van der Waals surface area contributed by atoms with Gasteiger partial charge in [-0.25, -0.2) is 9.18 Å². The molecule has 1 saturated heterocycles. The predicted octanol–water partition coefficient (Wildman–Crippen LogP) is 2.07. The van der Waals surface area contributed by atoms with Gasteiger partial charge in [0, 0.05) is 12.6 Å². The first-order chi connectivity index (χ1) is 7.25. The van der Waals surface area contributed by atoms with Gasteiger partial charge < -0.3 is 10.2 Å². The van der Waals surface area contributed by atoms with E-state index in [1.807, 2.05) is 0 Å². The lowest BCUT2D eigenvalue weighted by molar-refractivity contribution is 0.196. The number of rotatable bonds is 1. The fourth-order valence-corrected chi connectivity index (χ4v) is 2.41. The van der Waals surface area contributed by atoms with Crippen LogP contribution in [0.3, 0.4) is 0 Å². The lowest BCUT2D eigenvalue weighted by Gasteiger charge is -2.25. The lowest BCUT2D eigenvalue weighted by atomic mass is 9.96. The first-order valence-corrected chi connectivity index (χ1v) is 5.95. The molecule has 0 radical (unpaired) electrons. The van der Waals surface area contributed by atoms with Gasteiger partial charge in [-0.15, -0.1) is 0 Å². The van der Waals surface area contributed by atoms with Crippen molar-refractivity contribution >= 4 is 6.03 Å². The monoisotopic (exact) mass is 214 g/mol. The van der Waals surface area contributed by atoms with E-state index >= 15 is 0 Å². The van der Waals surface area contributed by atoms with E-state index in [-0.39, 0.29) is 12.6 Å². The van der Waals surface area contributed by atoms with Crippen LogP contribution >= 0.6 is 0 Å². The molecule has 1 heterocycles. The summed E-state index contributed by atoms with van der Waals surface area (Å²) in [5.41, 5.74) is 0. The van der Waals surface area contributed by atoms with Crippen molar-refractivity contribution in [2.45, 2.75) is 50.7 Å². The largest absolute Gasteiger partial charge is 0.335 e. The van der Waals surface area contributed by atoms with Gasteiger partial charge in [-0.3, -0.25) is 0 Å². The molecule has 1 aliphatic carbocycles. The number of halogens is 1. The zero-order chi connectivity index (χ0) is 10.7. The Bertz CT molecular complexity index is 229. The second-order valence-corrected chi connectivity index (χ2v) is 4.62. The average molecular weight is 214 g/mol. The maximum absolute atomic E-state index is 12.9. The molecule has 4 heteroatoms. The minimum atomic E-state index is -0.817. The summed E-state index contributed by atoms with van der Waals surface area (Å²) in [4.78, 5) is 13.3. The second kappa shape index (κ2) is 4.81. The maximum atomic E-state index is 12.9. The predicted molar refractivity (Wildman–Crippen MR) is 56.5 cm³/mol. The van der Waals surface area contributed by atoms with Gasteiger partial charge in [-0.05, 0) is 19.3 Å². The summed E-state index contributed by atoms with van der Waals surface area (Å²) in [6.07, 6.45) is 5.54. The number of likely N-dealkylation sites (tertiary alicyclic amines) is 1. The van der Waals surface area contributed by atoms with Gasteiger partial charge >= 0.3 is 6.03 Å². The summed E-state index contributed by atoms with van der Waals surface area (Å²) in [7, 11) is 0. The third kappa shape index (κ3) is 2.83. The van der Waals surface area contributed by atoms with Crippen LogP contribution in [0.5, 0.6) is 0 Å². The minimum Gasteiger partial charge on any atom is -0.335 e. The summed E-state index contributed by atoms with van der Waals surface area (Å²) < 4.78 is 12.9. The van der Waals surface area contributed by atoms with Crippen molar-refractivity contribution in [1.29, 1.82) is 0 Å². The van der Waals surface area contributed by atoms with Crippen LogP contribution in [-0.4, -0.2) is 36.2 Å². The van der Waals surface area contributed by atoms with Gasteiger partial charge in [0.2, 0.25) is 0 Å². The highest BCUT2D eigenvalue weighted by atomic mass is 19.1. The van der Waals surface area contributed by atoms with Gasteiger partial charge in [-0.2, -0.15) is 0 Å². The van der Waals surface area contributed by atoms with Crippen LogP contribution in [0.1, 0.15) is 38.5 Å². The Kier molecular flexibility index (Phi) is 3.44. The third-order valence-electron chi connectivity index (χ3n) is 3.35. The van der Waals surface area contributed by atoms with Crippen molar-refractivity contribution in [2.24, 2.45) is 0 Å². The molecule has 1 aliphatic heterocycles. The van der Waals surface area contributed by atoms with E-state index in [4.69, 9.17) is 0 Å². The molecule has 2 amide bonds. The van der Waals surface area contributed by atoms with E-state index in [0.29, 0.717) is 19.0 Å². The van der Waals surface area contributed by atoms with Crippen LogP contribution in [0.15, 0.2) is 0 Å². The Hall–Kier alpha value is -0.800. The van der Waals surface area contributed by atoms with E-state index in [0.717, 1.165) is 12.8 Å². The molecule has 0 aromatic carbocycles. The molecule has 2 aliphatic rings. The van der Waals surface area contributed by atoms with Crippen LogP contribution in [0.4, 0.5) is 9.18 Å². The van der Waals surface area contributed by atoms with Crippen LogP contribution in [0.25, 0.3) is 0 Å². The minimum absolute atomic E-state index is 0.0675. The fourth-order valence-electron chi connectivity index (χ4n) is 2.41. The van der Waals surface area contributed by atoms with E-state index < -0.39 is 6.17 Å². The molecule has 1 unspecified atom stereocenters. The number of nitrogens with zero attached hydrogens (tertiary/aromatic N) is 1. The second-order valence-electron chi connectivity index (χ2n) is 4.62. The molecule has 15 heavy (non-hydrogen) atoms. The number of hydrogen-bond donors (Lipinski definition) is 1. The molecule has 0 aromatic rings. The van der Waals surface area contributed by atoms with Crippen LogP contribution in [0.2, 0.25) is 0 Å². The molecule has 0 aromatic heterocycles. The summed E-state index contributed by atoms with van der Waals surface area (Å²) in [6, 6.07) is 0.256. The number of nitrogens with one attached hydrogen (secondary N) is 1. The van der Waals surface area contributed by atoms with Crippen molar-refractivity contribution in [1.82, 2.24) is 10.2 Å². The van der Waals surface area contributed by atoms with Crippen LogP contribution in [0, 0.1) is 0 Å². The summed E-state index contributed by atoms with van der Waals surface area (Å²) in [6.45, 7) is 0.846. The van der Waals surface area contributed by atoms with Crippen molar-refractivity contribution in [3.05, 3.63) is 0 Å². The Balaban J connectivity index is 1.76. The molecule has 2 rings (SSSR count). The molecule has 1 atom stereocenters. The molecule has 0 spiro atoms. The zero-order valence-electron chi connectivity index (χ0n) is 9.04. The standard InChI is InChI=1S/C11H19FN2O/c12-9-6-7-14(8-9)11(15)13-10-4-2-1-3-5-10/h9-10H,1-8H2,(H,13,15). The van der Waals surface area contributed by atoms with Gasteiger partial charge in [0.15, 0.2) is 0 Å². The summed E-state index contributed by atoms with van der Waals surface area (Å²) in [5.74, 6) is 0. The van der Waals surface area contributed by atoms with Gasteiger partial charge in [0.1, 0.15) is 6.17 Å².